The lowest BCUT2D eigenvalue weighted by molar-refractivity contribution is -0.128. The van der Waals surface area contributed by atoms with Crippen molar-refractivity contribution in [3.05, 3.63) is 35.9 Å². The normalized spacial score (nSPS) is 20.4. The Hall–Kier alpha value is -1.35. The van der Waals surface area contributed by atoms with Gasteiger partial charge in [0.2, 0.25) is 5.91 Å². The predicted molar refractivity (Wildman–Crippen MR) is 118 cm³/mol. The van der Waals surface area contributed by atoms with Crippen molar-refractivity contribution in [1.29, 1.82) is 0 Å². The first-order valence-electron chi connectivity index (χ1n) is 8.95. The molecule has 1 aliphatic rings. The lowest BCUT2D eigenvalue weighted by Crippen LogP contribution is -2.45. The molecule has 1 aromatic carbocycles. The monoisotopic (exact) mass is 473 g/mol. The molecule has 1 amide bonds. The summed E-state index contributed by atoms with van der Waals surface area (Å²) in [6.45, 7) is 4.83. The van der Waals surface area contributed by atoms with Crippen LogP contribution in [0.15, 0.2) is 35.3 Å². The third kappa shape index (κ3) is 7.11. The zero-order valence-corrected chi connectivity index (χ0v) is 18.6. The molecule has 146 valence electrons. The summed E-state index contributed by atoms with van der Waals surface area (Å²) in [6, 6.07) is 11.5. The van der Waals surface area contributed by atoms with Gasteiger partial charge in [-0.15, -0.1) is 24.0 Å². The van der Waals surface area contributed by atoms with Crippen molar-refractivity contribution in [2.24, 2.45) is 4.99 Å². The van der Waals surface area contributed by atoms with Gasteiger partial charge < -0.3 is 15.5 Å². The maximum atomic E-state index is 11.6. The van der Waals surface area contributed by atoms with Gasteiger partial charge in [-0.2, -0.15) is 0 Å². The van der Waals surface area contributed by atoms with Gasteiger partial charge in [0.15, 0.2) is 5.96 Å². The number of halogens is 1. The first-order valence-corrected chi connectivity index (χ1v) is 8.95. The highest BCUT2D eigenvalue weighted by atomic mass is 127. The van der Waals surface area contributed by atoms with E-state index in [4.69, 9.17) is 0 Å². The Kier molecular flexibility index (Phi) is 9.93. The Morgan fingerprint density at radius 1 is 1.31 bits per heavy atom. The van der Waals surface area contributed by atoms with E-state index in [2.05, 4.69) is 57.8 Å². The number of likely N-dealkylation sites (tertiary alicyclic amines) is 1. The molecule has 2 rings (SSSR count). The highest BCUT2D eigenvalue weighted by molar-refractivity contribution is 14.0. The maximum Gasteiger partial charge on any atom is 0.223 e. The van der Waals surface area contributed by atoms with E-state index in [9.17, 15) is 4.79 Å². The van der Waals surface area contributed by atoms with Crippen LogP contribution in [0.5, 0.6) is 0 Å². The first kappa shape index (κ1) is 22.7. The van der Waals surface area contributed by atoms with Crippen molar-refractivity contribution in [2.45, 2.75) is 38.4 Å². The second-order valence-corrected chi connectivity index (χ2v) is 6.88. The predicted octanol–water partition coefficient (Wildman–Crippen LogP) is 1.91. The van der Waals surface area contributed by atoms with Crippen LogP contribution in [0.2, 0.25) is 0 Å². The number of rotatable bonds is 6. The Morgan fingerprint density at radius 2 is 2.00 bits per heavy atom. The number of hydrogen-bond donors (Lipinski definition) is 2. The number of aliphatic imine (C=N–C) groups is 1. The van der Waals surface area contributed by atoms with Crippen LogP contribution in [-0.2, 0) is 11.3 Å². The topological polar surface area (TPSA) is 60.0 Å². The van der Waals surface area contributed by atoms with E-state index in [0.717, 1.165) is 25.5 Å². The van der Waals surface area contributed by atoms with Gasteiger partial charge in [-0.3, -0.25) is 14.7 Å². The number of benzene rings is 1. The van der Waals surface area contributed by atoms with Gasteiger partial charge >= 0.3 is 0 Å². The van der Waals surface area contributed by atoms with E-state index >= 15 is 0 Å². The smallest absolute Gasteiger partial charge is 0.223 e. The highest BCUT2D eigenvalue weighted by Gasteiger charge is 2.29. The van der Waals surface area contributed by atoms with E-state index in [-0.39, 0.29) is 29.9 Å². The van der Waals surface area contributed by atoms with Crippen molar-refractivity contribution < 1.29 is 4.79 Å². The van der Waals surface area contributed by atoms with Gasteiger partial charge in [-0.05, 0) is 18.9 Å². The quantitative estimate of drug-likeness (QED) is 0.377. The summed E-state index contributed by atoms with van der Waals surface area (Å²) in [4.78, 5) is 20.0. The molecule has 2 N–H and O–H groups in total. The third-order valence-corrected chi connectivity index (χ3v) is 4.63. The SMILES string of the molecule is CN=C(NCCC(=O)N(C)C)NC1CC(C)N(Cc2ccccc2)C1.I. The molecule has 1 fully saturated rings. The van der Waals surface area contributed by atoms with E-state index in [1.54, 1.807) is 26.0 Å². The second-order valence-electron chi connectivity index (χ2n) is 6.88. The van der Waals surface area contributed by atoms with Crippen LogP contribution in [0.1, 0.15) is 25.3 Å². The van der Waals surface area contributed by atoms with Crippen molar-refractivity contribution in [1.82, 2.24) is 20.4 Å². The fourth-order valence-electron chi connectivity index (χ4n) is 3.14. The van der Waals surface area contributed by atoms with Crippen LogP contribution in [0.25, 0.3) is 0 Å². The minimum absolute atomic E-state index is 0. The Morgan fingerprint density at radius 3 is 2.62 bits per heavy atom. The Bertz CT molecular complexity index is 579. The average Bonchev–Trinajstić information content (AvgIpc) is 2.93. The molecule has 1 saturated heterocycles. The lowest BCUT2D eigenvalue weighted by atomic mass is 10.2. The third-order valence-electron chi connectivity index (χ3n) is 4.63. The van der Waals surface area contributed by atoms with Gasteiger partial charge in [-0.1, -0.05) is 30.3 Å². The Labute approximate surface area is 174 Å². The summed E-state index contributed by atoms with van der Waals surface area (Å²) in [5.74, 6) is 0.886. The van der Waals surface area contributed by atoms with Crippen molar-refractivity contribution >= 4 is 35.8 Å². The zero-order chi connectivity index (χ0) is 18.2. The van der Waals surface area contributed by atoms with Crippen molar-refractivity contribution in [2.75, 3.05) is 34.2 Å². The van der Waals surface area contributed by atoms with E-state index in [0.29, 0.717) is 25.0 Å². The zero-order valence-electron chi connectivity index (χ0n) is 16.2. The number of guanidine groups is 1. The minimum atomic E-state index is 0. The molecule has 6 nitrogen and oxygen atoms in total. The molecule has 0 bridgehead atoms. The van der Waals surface area contributed by atoms with Gasteiger partial charge in [-0.25, -0.2) is 0 Å². The van der Waals surface area contributed by atoms with Crippen LogP contribution in [0, 0.1) is 0 Å². The highest BCUT2D eigenvalue weighted by Crippen LogP contribution is 2.20. The molecular weight excluding hydrogens is 441 g/mol. The molecular formula is C19H32IN5O. The number of hydrogen-bond acceptors (Lipinski definition) is 3. The van der Waals surface area contributed by atoms with Crippen LogP contribution >= 0.6 is 24.0 Å². The second kappa shape index (κ2) is 11.4. The summed E-state index contributed by atoms with van der Waals surface area (Å²) < 4.78 is 0. The molecule has 0 saturated carbocycles. The molecule has 2 unspecified atom stereocenters. The molecule has 0 aromatic heterocycles. The van der Waals surface area contributed by atoms with Gasteiger partial charge in [0, 0.05) is 59.3 Å². The van der Waals surface area contributed by atoms with Gasteiger partial charge in [0.25, 0.3) is 0 Å². The largest absolute Gasteiger partial charge is 0.356 e. The number of nitrogens with one attached hydrogen (secondary N) is 2. The number of amides is 1. The summed E-state index contributed by atoms with van der Waals surface area (Å²) in [7, 11) is 5.32. The van der Waals surface area contributed by atoms with Crippen molar-refractivity contribution in [3.63, 3.8) is 0 Å². The number of carbonyl (C=O) groups is 1. The van der Waals surface area contributed by atoms with Crippen LogP contribution in [-0.4, -0.2) is 68.0 Å². The molecule has 0 spiro atoms. The number of nitrogens with zero attached hydrogens (tertiary/aromatic N) is 3. The molecule has 2 atom stereocenters. The van der Waals surface area contributed by atoms with E-state index < -0.39 is 0 Å². The first-order chi connectivity index (χ1) is 12.0. The maximum absolute atomic E-state index is 11.6. The molecule has 7 heteroatoms. The van der Waals surface area contributed by atoms with Crippen molar-refractivity contribution in [3.8, 4) is 0 Å². The lowest BCUT2D eigenvalue weighted by Gasteiger charge is -2.21. The molecule has 0 aliphatic carbocycles. The van der Waals surface area contributed by atoms with Crippen LogP contribution < -0.4 is 10.6 Å². The fraction of sp³-hybridized carbons (Fsp3) is 0.579. The molecule has 1 aromatic rings. The summed E-state index contributed by atoms with van der Waals surface area (Å²) in [6.07, 6.45) is 1.55. The van der Waals surface area contributed by atoms with Crippen LogP contribution in [0.3, 0.4) is 0 Å². The molecule has 1 aliphatic heterocycles. The standard InChI is InChI=1S/C19H31N5O.HI/c1-15-12-17(14-24(15)13-16-8-6-5-7-9-16)22-19(20-2)21-11-10-18(25)23(3)4;/h5-9,15,17H,10-14H2,1-4H3,(H2,20,21,22);1H. The van der Waals surface area contributed by atoms with Crippen LogP contribution in [0.4, 0.5) is 0 Å². The molecule has 1 heterocycles. The fourth-order valence-corrected chi connectivity index (χ4v) is 3.14. The van der Waals surface area contributed by atoms with Gasteiger partial charge in [0.05, 0.1) is 0 Å². The van der Waals surface area contributed by atoms with Gasteiger partial charge in [0.1, 0.15) is 0 Å². The van der Waals surface area contributed by atoms with E-state index in [1.807, 2.05) is 0 Å². The summed E-state index contributed by atoms with van der Waals surface area (Å²) in [5.41, 5.74) is 1.35. The summed E-state index contributed by atoms with van der Waals surface area (Å²) in [5, 5.41) is 6.72. The average molecular weight is 473 g/mol. The molecule has 26 heavy (non-hydrogen) atoms. The molecule has 0 radical (unpaired) electrons. The van der Waals surface area contributed by atoms with E-state index in [1.165, 1.54) is 5.56 Å². The Balaban J connectivity index is 0.00000338. The summed E-state index contributed by atoms with van der Waals surface area (Å²) >= 11 is 0. The minimum Gasteiger partial charge on any atom is -0.356 e. The number of carbonyl (C=O) groups excluding carboxylic acids is 1.